The van der Waals surface area contributed by atoms with Crippen LogP contribution in [0.5, 0.6) is 0 Å². The van der Waals surface area contributed by atoms with Crippen molar-refractivity contribution in [3.8, 4) is 0 Å². The summed E-state index contributed by atoms with van der Waals surface area (Å²) in [5.74, 6) is 1.28. The molecule has 13 heavy (non-hydrogen) atoms. The second-order valence-electron chi connectivity index (χ2n) is 3.57. The van der Waals surface area contributed by atoms with Crippen LogP contribution in [-0.4, -0.2) is 14.8 Å². The van der Waals surface area contributed by atoms with E-state index in [1.807, 2.05) is 4.57 Å². The van der Waals surface area contributed by atoms with Gasteiger partial charge in [0.2, 0.25) is 5.95 Å². The average Bonchev–Trinajstić information content (AvgIpc) is 2.88. The Bertz CT molecular complexity index is 349. The Kier molecular flexibility index (Phi) is 2.11. The normalized spacial score (nSPS) is 18.8. The molecule has 0 amide bonds. The van der Waals surface area contributed by atoms with Gasteiger partial charge >= 0.3 is 0 Å². The molecule has 0 saturated heterocycles. The van der Waals surface area contributed by atoms with E-state index in [2.05, 4.69) is 17.1 Å². The molecule has 1 heterocycles. The number of nitrogens with one attached hydrogen (secondary N) is 1. The van der Waals surface area contributed by atoms with E-state index in [4.69, 9.17) is 18.0 Å². The van der Waals surface area contributed by atoms with Crippen molar-refractivity contribution in [1.82, 2.24) is 14.8 Å². The Labute approximate surface area is 82.1 Å². The third-order valence-electron chi connectivity index (χ3n) is 2.65. The van der Waals surface area contributed by atoms with Crippen LogP contribution in [-0.2, 0) is 0 Å². The van der Waals surface area contributed by atoms with Crippen LogP contribution >= 0.6 is 12.2 Å². The molecule has 72 valence electrons. The van der Waals surface area contributed by atoms with Crippen LogP contribution in [0.2, 0.25) is 0 Å². The second-order valence-corrected chi connectivity index (χ2v) is 3.96. The minimum absolute atomic E-state index is 0.450. The second kappa shape index (κ2) is 3.14. The highest BCUT2D eigenvalue weighted by Gasteiger charge is 2.32. The zero-order valence-corrected chi connectivity index (χ0v) is 8.47. The van der Waals surface area contributed by atoms with E-state index in [-0.39, 0.29) is 0 Å². The number of nitrogens with two attached hydrogens (primary N) is 1. The summed E-state index contributed by atoms with van der Waals surface area (Å²) in [6, 6.07) is 0.450. The number of H-pyrrole nitrogens is 1. The van der Waals surface area contributed by atoms with Crippen molar-refractivity contribution in [3.63, 3.8) is 0 Å². The van der Waals surface area contributed by atoms with Crippen LogP contribution in [0.4, 0.5) is 5.95 Å². The van der Waals surface area contributed by atoms with E-state index < -0.39 is 0 Å². The molecule has 0 radical (unpaired) electrons. The number of hydrogen-bond donors (Lipinski definition) is 2. The van der Waals surface area contributed by atoms with Gasteiger partial charge in [-0.2, -0.15) is 0 Å². The van der Waals surface area contributed by atoms with Gasteiger partial charge in [-0.05, 0) is 37.4 Å². The lowest BCUT2D eigenvalue weighted by Gasteiger charge is -2.15. The first-order chi connectivity index (χ1) is 6.24. The number of nitrogens with zero attached hydrogens (tertiary/aromatic N) is 2. The maximum Gasteiger partial charge on any atom is 0.220 e. The Morgan fingerprint density at radius 1 is 1.77 bits per heavy atom. The van der Waals surface area contributed by atoms with Gasteiger partial charge in [-0.3, -0.25) is 4.57 Å². The highest BCUT2D eigenvalue weighted by molar-refractivity contribution is 7.71. The van der Waals surface area contributed by atoms with Gasteiger partial charge in [-0.1, -0.05) is 6.92 Å². The maximum absolute atomic E-state index is 5.74. The van der Waals surface area contributed by atoms with Crippen molar-refractivity contribution >= 4 is 18.2 Å². The molecule has 0 aliphatic heterocycles. The maximum atomic E-state index is 5.74. The number of rotatable bonds is 3. The lowest BCUT2D eigenvalue weighted by Crippen LogP contribution is -2.13. The Hall–Kier alpha value is -0.840. The lowest BCUT2D eigenvalue weighted by atomic mass is 10.1. The molecular weight excluding hydrogens is 184 g/mol. The van der Waals surface area contributed by atoms with Crippen molar-refractivity contribution in [3.05, 3.63) is 4.77 Å². The van der Waals surface area contributed by atoms with Crippen molar-refractivity contribution in [2.24, 2.45) is 5.92 Å². The summed E-state index contributed by atoms with van der Waals surface area (Å²) in [6.07, 6.45) is 3.67. The third-order valence-corrected chi connectivity index (χ3v) is 2.94. The van der Waals surface area contributed by atoms with E-state index in [0.717, 1.165) is 12.3 Å². The van der Waals surface area contributed by atoms with Crippen molar-refractivity contribution < 1.29 is 0 Å². The number of aromatic amines is 1. The van der Waals surface area contributed by atoms with Gasteiger partial charge in [0.15, 0.2) is 4.77 Å². The largest absolute Gasteiger partial charge is 0.368 e. The van der Waals surface area contributed by atoms with Gasteiger partial charge in [-0.25, -0.2) is 5.10 Å². The summed E-state index contributed by atoms with van der Waals surface area (Å²) in [5, 5.41) is 6.64. The van der Waals surface area contributed by atoms with Crippen molar-refractivity contribution in [1.29, 1.82) is 0 Å². The van der Waals surface area contributed by atoms with Gasteiger partial charge < -0.3 is 5.73 Å². The smallest absolute Gasteiger partial charge is 0.220 e. The summed E-state index contributed by atoms with van der Waals surface area (Å²) in [4.78, 5) is 0. The Morgan fingerprint density at radius 3 is 2.85 bits per heavy atom. The Balaban J connectivity index is 2.35. The molecule has 0 bridgehead atoms. The topological polar surface area (TPSA) is 59.6 Å². The van der Waals surface area contributed by atoms with E-state index >= 15 is 0 Å². The first-order valence-corrected chi connectivity index (χ1v) is 5.07. The van der Waals surface area contributed by atoms with Crippen LogP contribution in [0.25, 0.3) is 0 Å². The molecule has 1 fully saturated rings. The predicted molar refractivity (Wildman–Crippen MR) is 53.9 cm³/mol. The highest BCUT2D eigenvalue weighted by atomic mass is 32.1. The molecule has 1 saturated carbocycles. The fourth-order valence-corrected chi connectivity index (χ4v) is 2.12. The lowest BCUT2D eigenvalue weighted by molar-refractivity contribution is 0.432. The van der Waals surface area contributed by atoms with E-state index in [0.29, 0.717) is 16.8 Å². The standard InChI is InChI=1S/C8H14N4S/c1-2-6(5-3-4-5)12-7(9)10-11-8(12)13/h5-6H,2-4H2,1H3,(H2,9,10)(H,11,13). The van der Waals surface area contributed by atoms with Crippen molar-refractivity contribution in [2.75, 3.05) is 5.73 Å². The molecule has 1 unspecified atom stereocenters. The van der Waals surface area contributed by atoms with Crippen LogP contribution in [0, 0.1) is 10.7 Å². The number of aromatic nitrogens is 3. The molecule has 1 atom stereocenters. The number of anilines is 1. The highest BCUT2D eigenvalue weighted by Crippen LogP contribution is 2.42. The summed E-state index contributed by atoms with van der Waals surface area (Å²) in [5.41, 5.74) is 5.74. The van der Waals surface area contributed by atoms with Gasteiger partial charge in [0.1, 0.15) is 0 Å². The fraction of sp³-hybridized carbons (Fsp3) is 0.750. The zero-order valence-electron chi connectivity index (χ0n) is 7.66. The number of nitrogen functional groups attached to an aromatic ring is 1. The molecule has 2 rings (SSSR count). The first-order valence-electron chi connectivity index (χ1n) is 4.66. The average molecular weight is 198 g/mol. The molecule has 5 heteroatoms. The van der Waals surface area contributed by atoms with E-state index in [1.54, 1.807) is 0 Å². The molecular formula is C8H14N4S. The molecule has 1 aromatic rings. The summed E-state index contributed by atoms with van der Waals surface area (Å²) in [7, 11) is 0. The van der Waals surface area contributed by atoms with Crippen LogP contribution in [0.3, 0.4) is 0 Å². The molecule has 0 aromatic carbocycles. The SMILES string of the molecule is CCC(C1CC1)n1c(N)n[nH]c1=S. The van der Waals surface area contributed by atoms with Crippen LogP contribution in [0.1, 0.15) is 32.2 Å². The Morgan fingerprint density at radius 2 is 2.46 bits per heavy atom. The van der Waals surface area contributed by atoms with Crippen molar-refractivity contribution in [2.45, 2.75) is 32.2 Å². The molecule has 4 nitrogen and oxygen atoms in total. The van der Waals surface area contributed by atoms with Crippen LogP contribution in [0.15, 0.2) is 0 Å². The first kappa shape index (κ1) is 8.74. The molecule has 3 N–H and O–H groups in total. The molecule has 1 aliphatic carbocycles. The fourth-order valence-electron chi connectivity index (χ4n) is 1.85. The molecule has 1 aliphatic rings. The molecule has 0 spiro atoms. The minimum Gasteiger partial charge on any atom is -0.368 e. The quantitative estimate of drug-likeness (QED) is 0.729. The van der Waals surface area contributed by atoms with Gasteiger partial charge in [0.25, 0.3) is 0 Å². The van der Waals surface area contributed by atoms with Gasteiger partial charge in [0.05, 0.1) is 0 Å². The predicted octanol–water partition coefficient (Wildman–Crippen LogP) is 1.88. The van der Waals surface area contributed by atoms with Crippen LogP contribution < -0.4 is 5.73 Å². The molecule has 1 aromatic heterocycles. The van der Waals surface area contributed by atoms with E-state index in [9.17, 15) is 0 Å². The summed E-state index contributed by atoms with van der Waals surface area (Å²) in [6.45, 7) is 2.16. The third kappa shape index (κ3) is 1.48. The summed E-state index contributed by atoms with van der Waals surface area (Å²) >= 11 is 5.13. The monoisotopic (exact) mass is 198 g/mol. The summed E-state index contributed by atoms with van der Waals surface area (Å²) < 4.78 is 2.60. The van der Waals surface area contributed by atoms with Gasteiger partial charge in [-0.15, -0.1) is 5.10 Å². The zero-order chi connectivity index (χ0) is 9.42. The van der Waals surface area contributed by atoms with E-state index in [1.165, 1.54) is 12.8 Å². The number of hydrogen-bond acceptors (Lipinski definition) is 3. The van der Waals surface area contributed by atoms with Gasteiger partial charge in [0, 0.05) is 6.04 Å². The minimum atomic E-state index is 0.450.